The number of nitrogens with two attached hydrogens (primary N) is 1. The number of nitrogen functional groups attached to an aromatic ring is 1. The molecule has 0 saturated heterocycles. The number of halogens is 1. The summed E-state index contributed by atoms with van der Waals surface area (Å²) in [6.45, 7) is 3.02. The summed E-state index contributed by atoms with van der Waals surface area (Å²) < 4.78 is 2.11. The van der Waals surface area contributed by atoms with Gasteiger partial charge in [-0.25, -0.2) is 0 Å². The quantitative estimate of drug-likeness (QED) is 0.744. The lowest BCUT2D eigenvalue weighted by molar-refractivity contribution is 0.798. The molecule has 0 aliphatic carbocycles. The standard InChI is InChI=1S/C10H11ClN2/c1-2-13-6-9(12)8-5-7(11)3-4-10(8)13/h3-6H,2,12H2,1H3. The first kappa shape index (κ1) is 8.45. The van der Waals surface area contributed by atoms with Gasteiger partial charge in [0.15, 0.2) is 0 Å². The molecule has 0 atom stereocenters. The van der Waals surface area contributed by atoms with Gasteiger partial charge in [0.25, 0.3) is 0 Å². The van der Waals surface area contributed by atoms with Gasteiger partial charge < -0.3 is 10.3 Å². The SMILES string of the molecule is CCn1cc(N)c2cc(Cl)ccc21. The first-order valence-electron chi connectivity index (χ1n) is 4.26. The summed E-state index contributed by atoms with van der Waals surface area (Å²) in [4.78, 5) is 0. The molecule has 0 aliphatic rings. The van der Waals surface area contributed by atoms with Gasteiger partial charge in [-0.2, -0.15) is 0 Å². The van der Waals surface area contributed by atoms with Crippen molar-refractivity contribution >= 4 is 28.2 Å². The zero-order chi connectivity index (χ0) is 9.42. The fourth-order valence-corrected chi connectivity index (χ4v) is 1.73. The van der Waals surface area contributed by atoms with Crippen LogP contribution in [0.5, 0.6) is 0 Å². The van der Waals surface area contributed by atoms with Crippen molar-refractivity contribution in [3.05, 3.63) is 29.4 Å². The summed E-state index contributed by atoms with van der Waals surface area (Å²) in [6.07, 6.45) is 1.95. The van der Waals surface area contributed by atoms with Gasteiger partial charge in [0.05, 0.1) is 11.2 Å². The van der Waals surface area contributed by atoms with Gasteiger partial charge in [-0.3, -0.25) is 0 Å². The number of anilines is 1. The molecular formula is C10H11ClN2. The van der Waals surface area contributed by atoms with E-state index in [9.17, 15) is 0 Å². The van der Waals surface area contributed by atoms with Crippen LogP contribution in [-0.2, 0) is 6.54 Å². The van der Waals surface area contributed by atoms with E-state index in [2.05, 4.69) is 11.5 Å². The molecule has 0 saturated carbocycles. The predicted octanol–water partition coefficient (Wildman–Crippen LogP) is 2.90. The number of fused-ring (bicyclic) bond motifs is 1. The van der Waals surface area contributed by atoms with Crippen LogP contribution in [0.3, 0.4) is 0 Å². The van der Waals surface area contributed by atoms with E-state index in [4.69, 9.17) is 17.3 Å². The molecule has 2 rings (SSSR count). The van der Waals surface area contributed by atoms with E-state index < -0.39 is 0 Å². The Morgan fingerprint density at radius 2 is 2.23 bits per heavy atom. The average molecular weight is 195 g/mol. The molecule has 1 aromatic carbocycles. The minimum atomic E-state index is 0.730. The maximum absolute atomic E-state index is 5.88. The molecule has 0 aliphatic heterocycles. The Hall–Kier alpha value is -1.15. The minimum Gasteiger partial charge on any atom is -0.397 e. The van der Waals surface area contributed by atoms with E-state index in [1.54, 1.807) is 0 Å². The Morgan fingerprint density at radius 3 is 2.92 bits per heavy atom. The maximum Gasteiger partial charge on any atom is 0.0574 e. The number of aryl methyl sites for hydroxylation is 1. The summed E-state index contributed by atoms with van der Waals surface area (Å²) in [7, 11) is 0. The summed E-state index contributed by atoms with van der Waals surface area (Å²) in [5.41, 5.74) is 7.78. The first-order chi connectivity index (χ1) is 6.22. The molecule has 0 bridgehead atoms. The lowest BCUT2D eigenvalue weighted by Gasteiger charge is -1.99. The molecule has 0 fully saturated rings. The molecule has 2 aromatic rings. The van der Waals surface area contributed by atoms with Crippen LogP contribution < -0.4 is 5.73 Å². The van der Waals surface area contributed by atoms with Crippen molar-refractivity contribution in [3.8, 4) is 0 Å². The van der Waals surface area contributed by atoms with Gasteiger partial charge >= 0.3 is 0 Å². The topological polar surface area (TPSA) is 30.9 Å². The zero-order valence-electron chi connectivity index (χ0n) is 7.42. The zero-order valence-corrected chi connectivity index (χ0v) is 8.17. The second-order valence-corrected chi connectivity index (χ2v) is 3.47. The van der Waals surface area contributed by atoms with Crippen LogP contribution in [0.4, 0.5) is 5.69 Å². The van der Waals surface area contributed by atoms with Crippen LogP contribution in [0.2, 0.25) is 5.02 Å². The van der Waals surface area contributed by atoms with Gasteiger partial charge in [-0.05, 0) is 25.1 Å². The molecule has 0 unspecified atom stereocenters. The van der Waals surface area contributed by atoms with E-state index in [0.717, 1.165) is 28.2 Å². The van der Waals surface area contributed by atoms with Crippen LogP contribution in [0.1, 0.15) is 6.92 Å². The van der Waals surface area contributed by atoms with Gasteiger partial charge in [0.2, 0.25) is 0 Å². The van der Waals surface area contributed by atoms with Crippen molar-refractivity contribution in [1.29, 1.82) is 0 Å². The molecule has 2 nitrogen and oxygen atoms in total. The molecule has 2 N–H and O–H groups in total. The number of aromatic nitrogens is 1. The Morgan fingerprint density at radius 1 is 1.46 bits per heavy atom. The van der Waals surface area contributed by atoms with Crippen molar-refractivity contribution in [2.75, 3.05) is 5.73 Å². The van der Waals surface area contributed by atoms with Crippen molar-refractivity contribution in [2.24, 2.45) is 0 Å². The largest absolute Gasteiger partial charge is 0.397 e. The summed E-state index contributed by atoms with van der Waals surface area (Å²) in [6, 6.07) is 5.78. The van der Waals surface area contributed by atoms with E-state index in [1.165, 1.54) is 0 Å². The van der Waals surface area contributed by atoms with Gasteiger partial charge in [-0.1, -0.05) is 11.6 Å². The van der Waals surface area contributed by atoms with Crippen LogP contribution in [0, 0.1) is 0 Å². The Balaban J connectivity index is 2.80. The van der Waals surface area contributed by atoms with Crippen molar-refractivity contribution in [1.82, 2.24) is 4.57 Å². The normalized spacial score (nSPS) is 10.9. The third kappa shape index (κ3) is 1.27. The molecule has 1 aromatic heterocycles. The summed E-state index contributed by atoms with van der Waals surface area (Å²) >= 11 is 5.88. The molecule has 0 spiro atoms. The van der Waals surface area contributed by atoms with Crippen LogP contribution >= 0.6 is 11.6 Å². The molecule has 0 radical (unpaired) electrons. The third-order valence-corrected chi connectivity index (χ3v) is 2.45. The van der Waals surface area contributed by atoms with Crippen molar-refractivity contribution in [2.45, 2.75) is 13.5 Å². The molecular weight excluding hydrogens is 184 g/mol. The van der Waals surface area contributed by atoms with E-state index in [0.29, 0.717) is 0 Å². The lowest BCUT2D eigenvalue weighted by Crippen LogP contribution is -1.89. The second-order valence-electron chi connectivity index (χ2n) is 3.03. The van der Waals surface area contributed by atoms with E-state index in [-0.39, 0.29) is 0 Å². The molecule has 1 heterocycles. The van der Waals surface area contributed by atoms with Gasteiger partial charge in [-0.15, -0.1) is 0 Å². The number of rotatable bonds is 1. The second kappa shape index (κ2) is 2.96. The minimum absolute atomic E-state index is 0.730. The highest BCUT2D eigenvalue weighted by Gasteiger charge is 2.04. The number of hydrogen-bond acceptors (Lipinski definition) is 1. The molecule has 13 heavy (non-hydrogen) atoms. The number of hydrogen-bond donors (Lipinski definition) is 1. The van der Waals surface area contributed by atoms with Crippen LogP contribution in [0.15, 0.2) is 24.4 Å². The van der Waals surface area contributed by atoms with Crippen molar-refractivity contribution in [3.63, 3.8) is 0 Å². The fraction of sp³-hybridized carbons (Fsp3) is 0.200. The first-order valence-corrected chi connectivity index (χ1v) is 4.64. The summed E-state index contributed by atoms with van der Waals surface area (Å²) in [5.74, 6) is 0. The fourth-order valence-electron chi connectivity index (χ4n) is 1.56. The number of benzene rings is 1. The monoisotopic (exact) mass is 194 g/mol. The maximum atomic E-state index is 5.88. The van der Waals surface area contributed by atoms with E-state index in [1.807, 2.05) is 24.4 Å². The molecule has 0 amide bonds. The Kier molecular flexibility index (Phi) is 1.93. The lowest BCUT2D eigenvalue weighted by atomic mass is 10.2. The molecule has 3 heteroatoms. The number of nitrogens with zero attached hydrogens (tertiary/aromatic N) is 1. The molecule has 68 valence electrons. The highest BCUT2D eigenvalue weighted by atomic mass is 35.5. The van der Waals surface area contributed by atoms with Crippen LogP contribution in [0.25, 0.3) is 10.9 Å². The highest BCUT2D eigenvalue weighted by Crippen LogP contribution is 2.26. The van der Waals surface area contributed by atoms with Gasteiger partial charge in [0.1, 0.15) is 0 Å². The summed E-state index contributed by atoms with van der Waals surface area (Å²) in [5, 5.41) is 1.77. The Bertz CT molecular complexity index is 445. The smallest absolute Gasteiger partial charge is 0.0574 e. The van der Waals surface area contributed by atoms with E-state index >= 15 is 0 Å². The van der Waals surface area contributed by atoms with Crippen LogP contribution in [-0.4, -0.2) is 4.57 Å². The third-order valence-electron chi connectivity index (χ3n) is 2.21. The average Bonchev–Trinajstić information content (AvgIpc) is 2.43. The predicted molar refractivity (Wildman–Crippen MR) is 57.0 cm³/mol. The van der Waals surface area contributed by atoms with Gasteiger partial charge in [0, 0.05) is 23.2 Å². The Labute approximate surface area is 81.9 Å². The highest BCUT2D eigenvalue weighted by molar-refractivity contribution is 6.31. The van der Waals surface area contributed by atoms with Crippen molar-refractivity contribution < 1.29 is 0 Å².